The van der Waals surface area contributed by atoms with Crippen molar-refractivity contribution in [2.75, 3.05) is 32.8 Å². The van der Waals surface area contributed by atoms with Gasteiger partial charge in [-0.3, -0.25) is 0 Å². The first-order valence-electron chi connectivity index (χ1n) is 13.5. The number of likely N-dealkylation sites (tertiary alicyclic amines) is 1. The van der Waals surface area contributed by atoms with E-state index in [2.05, 4.69) is 58.7 Å². The van der Waals surface area contributed by atoms with Crippen LogP contribution < -0.4 is 5.32 Å². The van der Waals surface area contributed by atoms with E-state index in [0.29, 0.717) is 12.1 Å². The molecule has 0 saturated carbocycles. The third-order valence-corrected chi connectivity index (χ3v) is 8.50. The van der Waals surface area contributed by atoms with Crippen LogP contribution in [0.3, 0.4) is 0 Å². The molecule has 39 heavy (non-hydrogen) atoms. The van der Waals surface area contributed by atoms with Crippen LogP contribution in [0.25, 0.3) is 0 Å². The van der Waals surface area contributed by atoms with Crippen molar-refractivity contribution in [3.05, 3.63) is 106 Å². The number of benzene rings is 3. The van der Waals surface area contributed by atoms with E-state index in [1.54, 1.807) is 0 Å². The Kier molecular flexibility index (Phi) is 6.81. The Morgan fingerprint density at radius 2 is 1.62 bits per heavy atom. The second kappa shape index (κ2) is 10.4. The summed E-state index contributed by atoms with van der Waals surface area (Å²) in [5.74, 6) is -2.02. The molecule has 2 fully saturated rings. The van der Waals surface area contributed by atoms with Gasteiger partial charge in [0.2, 0.25) is 0 Å². The average Bonchev–Trinajstić information content (AvgIpc) is 3.35. The zero-order valence-corrected chi connectivity index (χ0v) is 21.7. The Morgan fingerprint density at radius 3 is 2.28 bits per heavy atom. The predicted octanol–water partition coefficient (Wildman–Crippen LogP) is 5.54. The van der Waals surface area contributed by atoms with Crippen LogP contribution in [0.2, 0.25) is 0 Å². The van der Waals surface area contributed by atoms with Gasteiger partial charge in [0.25, 0.3) is 0 Å². The molecule has 8 heteroatoms. The maximum Gasteiger partial charge on any atom is 0.418 e. The summed E-state index contributed by atoms with van der Waals surface area (Å²) in [5, 5.41) is 2.79. The van der Waals surface area contributed by atoms with Crippen molar-refractivity contribution in [2.45, 2.75) is 37.1 Å². The molecule has 2 saturated heterocycles. The maximum atomic E-state index is 13.7. The summed E-state index contributed by atoms with van der Waals surface area (Å²) in [6.07, 6.45) is 3.01. The van der Waals surface area contributed by atoms with Crippen LogP contribution in [0.1, 0.15) is 53.1 Å². The van der Waals surface area contributed by atoms with Crippen LogP contribution in [-0.4, -0.2) is 54.7 Å². The molecule has 3 aromatic rings. The highest BCUT2D eigenvalue weighted by Gasteiger charge is 2.42. The Hall–Kier alpha value is -3.78. The van der Waals surface area contributed by atoms with Crippen molar-refractivity contribution in [1.82, 2.24) is 15.1 Å². The summed E-state index contributed by atoms with van der Waals surface area (Å²) < 4.78 is 32.1. The molecule has 1 atom stereocenters. The van der Waals surface area contributed by atoms with Gasteiger partial charge < -0.3 is 15.0 Å². The van der Waals surface area contributed by atoms with Gasteiger partial charge in [0.05, 0.1) is 0 Å². The molecule has 202 valence electrons. The Balaban J connectivity index is 1.04. The maximum absolute atomic E-state index is 13.7. The fourth-order valence-corrected chi connectivity index (χ4v) is 6.52. The van der Waals surface area contributed by atoms with E-state index in [1.807, 2.05) is 0 Å². The van der Waals surface area contributed by atoms with Crippen LogP contribution in [0.5, 0.6) is 0 Å². The van der Waals surface area contributed by atoms with E-state index in [9.17, 15) is 18.4 Å². The molecule has 1 unspecified atom stereocenters. The van der Waals surface area contributed by atoms with Crippen molar-refractivity contribution in [3.8, 4) is 0 Å². The summed E-state index contributed by atoms with van der Waals surface area (Å²) in [4.78, 5) is 28.4. The fourth-order valence-electron chi connectivity index (χ4n) is 6.52. The summed E-state index contributed by atoms with van der Waals surface area (Å²) in [6.45, 7) is 3.05. The first kappa shape index (κ1) is 25.5. The number of hydrogen-bond donors (Lipinski definition) is 1. The lowest BCUT2D eigenvalue weighted by atomic mass is 9.62. The Labute approximate surface area is 226 Å². The number of hydrogen-bond acceptors (Lipinski definition) is 4. The lowest BCUT2D eigenvalue weighted by Gasteiger charge is -2.46. The number of nitrogens with one attached hydrogen (secondary N) is 1. The molecule has 6 rings (SSSR count). The zero-order valence-electron chi connectivity index (χ0n) is 21.7. The van der Waals surface area contributed by atoms with Gasteiger partial charge in [-0.05, 0) is 85.3 Å². The molecule has 0 radical (unpaired) electrons. The van der Waals surface area contributed by atoms with Gasteiger partial charge in [-0.2, -0.15) is 0 Å². The Bertz CT molecular complexity index is 1360. The lowest BCUT2D eigenvalue weighted by Crippen LogP contribution is -2.46. The molecule has 3 aromatic carbocycles. The highest BCUT2D eigenvalue weighted by molar-refractivity contribution is 5.92. The molecule has 0 bridgehead atoms. The van der Waals surface area contributed by atoms with E-state index in [1.165, 1.54) is 28.3 Å². The predicted molar refractivity (Wildman–Crippen MR) is 142 cm³/mol. The highest BCUT2D eigenvalue weighted by Crippen LogP contribution is 2.48. The molecule has 2 heterocycles. The molecule has 2 aliphatic heterocycles. The summed E-state index contributed by atoms with van der Waals surface area (Å²) in [7, 11) is 0. The minimum Gasteiger partial charge on any atom is -0.446 e. The number of amides is 3. The molecular formula is C31H31F2N3O3. The number of piperidine rings is 1. The standard InChI is InChI=1S/C31H31F2N3O3/c32-26-11-10-23(19-27(26)33)28-20-39-30(38)36(28)29(37)34-14-5-15-35-16-12-31(13-17-35)24-8-3-1-6-21(24)18-22-7-2-4-9-25(22)31/h1-4,6-11,19,28H,5,12-18,20H2,(H,34,37). The van der Waals surface area contributed by atoms with E-state index in [-0.39, 0.29) is 12.0 Å². The van der Waals surface area contributed by atoms with Gasteiger partial charge in [-0.15, -0.1) is 0 Å². The van der Waals surface area contributed by atoms with Crippen LogP contribution in [0.4, 0.5) is 18.4 Å². The second-order valence-electron chi connectivity index (χ2n) is 10.6. The largest absolute Gasteiger partial charge is 0.446 e. The van der Waals surface area contributed by atoms with Gasteiger partial charge in [0.15, 0.2) is 11.6 Å². The second-order valence-corrected chi connectivity index (χ2v) is 10.6. The number of rotatable bonds is 5. The van der Waals surface area contributed by atoms with Gasteiger partial charge in [0.1, 0.15) is 12.6 Å². The van der Waals surface area contributed by atoms with Crippen molar-refractivity contribution in [1.29, 1.82) is 0 Å². The minimum absolute atomic E-state index is 0.0428. The molecule has 0 aromatic heterocycles. The monoisotopic (exact) mass is 531 g/mol. The lowest BCUT2D eigenvalue weighted by molar-refractivity contribution is 0.157. The van der Waals surface area contributed by atoms with Gasteiger partial charge in [0, 0.05) is 12.0 Å². The summed E-state index contributed by atoms with van der Waals surface area (Å²) >= 11 is 0. The van der Waals surface area contributed by atoms with Crippen molar-refractivity contribution < 1.29 is 23.1 Å². The van der Waals surface area contributed by atoms with Crippen LogP contribution >= 0.6 is 0 Å². The Morgan fingerprint density at radius 1 is 0.949 bits per heavy atom. The highest BCUT2D eigenvalue weighted by atomic mass is 19.2. The molecule has 1 N–H and O–H groups in total. The number of nitrogens with zero attached hydrogens (tertiary/aromatic N) is 2. The first-order valence-corrected chi connectivity index (χ1v) is 13.5. The van der Waals surface area contributed by atoms with Gasteiger partial charge in [-0.25, -0.2) is 23.3 Å². The smallest absolute Gasteiger partial charge is 0.418 e. The number of cyclic esters (lactones) is 1. The van der Waals surface area contributed by atoms with Gasteiger partial charge in [-0.1, -0.05) is 54.6 Å². The van der Waals surface area contributed by atoms with Crippen molar-refractivity contribution in [3.63, 3.8) is 0 Å². The van der Waals surface area contributed by atoms with Crippen LogP contribution in [0.15, 0.2) is 66.7 Å². The molecule has 1 spiro atoms. The molecule has 1 aliphatic carbocycles. The number of carbonyl (C=O) groups excluding carboxylic acids is 2. The average molecular weight is 532 g/mol. The third kappa shape index (κ3) is 4.67. The number of carbonyl (C=O) groups is 2. The van der Waals surface area contributed by atoms with Gasteiger partial charge >= 0.3 is 12.1 Å². The number of ether oxygens (including phenoxy) is 1. The minimum atomic E-state index is -1.03. The number of halogens is 2. The molecule has 6 nitrogen and oxygen atoms in total. The topological polar surface area (TPSA) is 61.9 Å². The zero-order chi connectivity index (χ0) is 27.0. The fraction of sp³-hybridized carbons (Fsp3) is 0.355. The summed E-state index contributed by atoms with van der Waals surface area (Å²) in [5.41, 5.74) is 6.13. The number of imide groups is 1. The quantitative estimate of drug-likeness (QED) is 0.439. The summed E-state index contributed by atoms with van der Waals surface area (Å²) in [6, 6.07) is 19.6. The number of urea groups is 1. The van der Waals surface area contributed by atoms with E-state index < -0.39 is 29.8 Å². The normalized spacial score (nSPS) is 19.9. The third-order valence-electron chi connectivity index (χ3n) is 8.50. The number of fused-ring (bicyclic) bond motifs is 4. The van der Waals surface area contributed by atoms with Crippen molar-refractivity contribution in [2.24, 2.45) is 0 Å². The van der Waals surface area contributed by atoms with Crippen LogP contribution in [-0.2, 0) is 16.6 Å². The SMILES string of the molecule is O=C(NCCCN1CCC2(CC1)c1ccccc1Cc1ccccc12)N1C(=O)OCC1c1ccc(F)c(F)c1. The van der Waals surface area contributed by atoms with Crippen LogP contribution in [0, 0.1) is 11.6 Å². The van der Waals surface area contributed by atoms with E-state index >= 15 is 0 Å². The molecule has 3 aliphatic rings. The molecular weight excluding hydrogens is 500 g/mol. The van der Waals surface area contributed by atoms with E-state index in [4.69, 9.17) is 4.74 Å². The first-order chi connectivity index (χ1) is 19.0. The van der Waals surface area contributed by atoms with E-state index in [0.717, 1.165) is 62.4 Å². The molecule has 3 amide bonds. The van der Waals surface area contributed by atoms with Crippen molar-refractivity contribution >= 4 is 12.1 Å².